The van der Waals surface area contributed by atoms with E-state index in [2.05, 4.69) is 4.98 Å². The van der Waals surface area contributed by atoms with Crippen LogP contribution in [0.15, 0.2) is 46.9 Å². The van der Waals surface area contributed by atoms with Gasteiger partial charge in [0, 0.05) is 6.07 Å². The van der Waals surface area contributed by atoms with Crippen LogP contribution >= 0.6 is 11.6 Å². The summed E-state index contributed by atoms with van der Waals surface area (Å²) in [5.74, 6) is 1.27. The Balaban J connectivity index is 1.67. The minimum atomic E-state index is 0.233. The maximum Gasteiger partial charge on any atom is 0.228 e. The zero-order valence-electron chi connectivity index (χ0n) is 11.1. The third-order valence-electron chi connectivity index (χ3n) is 3.30. The summed E-state index contributed by atoms with van der Waals surface area (Å²) < 4.78 is 16.5. The van der Waals surface area contributed by atoms with Crippen molar-refractivity contribution in [2.75, 3.05) is 13.2 Å². The summed E-state index contributed by atoms with van der Waals surface area (Å²) in [5, 5.41) is 0.617. The summed E-state index contributed by atoms with van der Waals surface area (Å²) >= 11 is 6.17. The zero-order chi connectivity index (χ0) is 14.2. The molecule has 5 heteroatoms. The number of fused-ring (bicyclic) bond motifs is 1. The van der Waals surface area contributed by atoms with Crippen molar-refractivity contribution in [1.82, 2.24) is 4.98 Å². The van der Waals surface area contributed by atoms with Crippen LogP contribution < -0.4 is 4.74 Å². The van der Waals surface area contributed by atoms with Crippen molar-refractivity contribution in [3.8, 4) is 17.2 Å². The van der Waals surface area contributed by atoms with Crippen LogP contribution in [0.3, 0.4) is 0 Å². The third kappa shape index (κ3) is 2.60. The Morgan fingerprint density at radius 3 is 2.90 bits per heavy atom. The number of aromatic nitrogens is 1. The molecule has 4 rings (SSSR count). The maximum absolute atomic E-state index is 6.17. The minimum absolute atomic E-state index is 0.233. The van der Waals surface area contributed by atoms with Gasteiger partial charge in [-0.05, 0) is 24.3 Å². The molecule has 21 heavy (non-hydrogen) atoms. The Kier molecular flexibility index (Phi) is 3.05. The monoisotopic (exact) mass is 301 g/mol. The van der Waals surface area contributed by atoms with Crippen molar-refractivity contribution in [3.63, 3.8) is 0 Å². The Hall–Kier alpha value is -2.04. The molecular formula is C16H12ClNO3. The Bertz CT molecular complexity index is 795. The molecule has 0 aliphatic carbocycles. The SMILES string of the molecule is Clc1ccccc1-c1nc2cc(OCC3CO3)ccc2o1. The zero-order valence-corrected chi connectivity index (χ0v) is 11.8. The van der Waals surface area contributed by atoms with E-state index in [0.717, 1.165) is 23.4 Å². The molecule has 1 aliphatic heterocycles. The number of ether oxygens (including phenoxy) is 2. The average Bonchev–Trinajstić information content (AvgIpc) is 3.23. The highest BCUT2D eigenvalue weighted by atomic mass is 35.5. The molecule has 4 nitrogen and oxygen atoms in total. The second-order valence-corrected chi connectivity index (χ2v) is 5.30. The van der Waals surface area contributed by atoms with E-state index in [-0.39, 0.29) is 6.10 Å². The van der Waals surface area contributed by atoms with Crippen LogP contribution in [-0.4, -0.2) is 24.3 Å². The molecule has 2 heterocycles. The van der Waals surface area contributed by atoms with E-state index in [4.69, 9.17) is 25.5 Å². The van der Waals surface area contributed by atoms with Gasteiger partial charge in [0.1, 0.15) is 24.0 Å². The van der Waals surface area contributed by atoms with Gasteiger partial charge >= 0.3 is 0 Å². The van der Waals surface area contributed by atoms with E-state index < -0.39 is 0 Å². The Morgan fingerprint density at radius 2 is 2.10 bits per heavy atom. The molecule has 0 spiro atoms. The lowest BCUT2D eigenvalue weighted by atomic mass is 10.2. The van der Waals surface area contributed by atoms with Crippen molar-refractivity contribution in [3.05, 3.63) is 47.5 Å². The number of oxazole rings is 1. The topological polar surface area (TPSA) is 47.8 Å². The van der Waals surface area contributed by atoms with Gasteiger partial charge in [-0.15, -0.1) is 0 Å². The summed E-state index contributed by atoms with van der Waals surface area (Å²) in [7, 11) is 0. The lowest BCUT2D eigenvalue weighted by molar-refractivity contribution is 0.263. The van der Waals surface area contributed by atoms with E-state index in [9.17, 15) is 0 Å². The van der Waals surface area contributed by atoms with Gasteiger partial charge < -0.3 is 13.9 Å². The first kappa shape index (κ1) is 12.7. The van der Waals surface area contributed by atoms with Crippen molar-refractivity contribution in [1.29, 1.82) is 0 Å². The first-order valence-corrected chi connectivity index (χ1v) is 7.07. The molecule has 1 aliphatic rings. The molecule has 0 radical (unpaired) electrons. The van der Waals surface area contributed by atoms with Crippen LogP contribution in [0.5, 0.6) is 5.75 Å². The van der Waals surface area contributed by atoms with Crippen molar-refractivity contribution >= 4 is 22.7 Å². The van der Waals surface area contributed by atoms with Crippen LogP contribution in [0.2, 0.25) is 5.02 Å². The van der Waals surface area contributed by atoms with E-state index in [1.165, 1.54) is 0 Å². The van der Waals surface area contributed by atoms with Crippen LogP contribution in [0.4, 0.5) is 0 Å². The summed E-state index contributed by atoms with van der Waals surface area (Å²) in [4.78, 5) is 4.48. The highest BCUT2D eigenvalue weighted by molar-refractivity contribution is 6.33. The van der Waals surface area contributed by atoms with Gasteiger partial charge in [0.25, 0.3) is 0 Å². The molecule has 1 aromatic heterocycles. The number of hydrogen-bond donors (Lipinski definition) is 0. The van der Waals surface area contributed by atoms with Crippen LogP contribution in [0.1, 0.15) is 0 Å². The quantitative estimate of drug-likeness (QED) is 0.685. The molecule has 0 bridgehead atoms. The van der Waals surface area contributed by atoms with Gasteiger partial charge in [0.05, 0.1) is 17.2 Å². The molecule has 106 valence electrons. The Labute approximate surface area is 126 Å². The summed E-state index contributed by atoms with van der Waals surface area (Å²) in [5.41, 5.74) is 2.24. The number of hydrogen-bond acceptors (Lipinski definition) is 4. The number of nitrogens with zero attached hydrogens (tertiary/aromatic N) is 1. The maximum atomic E-state index is 6.17. The van der Waals surface area contributed by atoms with E-state index in [0.29, 0.717) is 23.1 Å². The predicted molar refractivity (Wildman–Crippen MR) is 79.7 cm³/mol. The number of rotatable bonds is 4. The summed E-state index contributed by atoms with van der Waals surface area (Å²) in [6.45, 7) is 1.35. The molecule has 2 aromatic carbocycles. The summed E-state index contributed by atoms with van der Waals surface area (Å²) in [6.07, 6.45) is 0.233. The molecule has 1 saturated heterocycles. The number of epoxide rings is 1. The molecule has 0 amide bonds. The van der Waals surface area contributed by atoms with Gasteiger partial charge in [0.2, 0.25) is 5.89 Å². The van der Waals surface area contributed by atoms with Gasteiger partial charge in [-0.25, -0.2) is 4.98 Å². The first-order valence-electron chi connectivity index (χ1n) is 6.69. The average molecular weight is 302 g/mol. The largest absolute Gasteiger partial charge is 0.491 e. The molecule has 0 saturated carbocycles. The molecule has 0 N–H and O–H groups in total. The normalized spacial score (nSPS) is 17.1. The van der Waals surface area contributed by atoms with Crippen LogP contribution in [0, 0.1) is 0 Å². The van der Waals surface area contributed by atoms with Crippen LogP contribution in [-0.2, 0) is 4.74 Å². The fourth-order valence-corrected chi connectivity index (χ4v) is 2.32. The molecule has 3 aromatic rings. The van der Waals surface area contributed by atoms with Crippen molar-refractivity contribution in [2.24, 2.45) is 0 Å². The van der Waals surface area contributed by atoms with Crippen molar-refractivity contribution < 1.29 is 13.9 Å². The second kappa shape index (κ2) is 5.06. The third-order valence-corrected chi connectivity index (χ3v) is 3.63. The summed E-state index contributed by atoms with van der Waals surface area (Å²) in [6, 6.07) is 13.1. The smallest absolute Gasteiger partial charge is 0.228 e. The second-order valence-electron chi connectivity index (χ2n) is 4.89. The minimum Gasteiger partial charge on any atom is -0.491 e. The highest BCUT2D eigenvalue weighted by Gasteiger charge is 2.23. The standard InChI is InChI=1S/C16H12ClNO3/c17-13-4-2-1-3-12(13)16-18-14-7-10(5-6-15(14)21-16)19-8-11-9-20-11/h1-7,11H,8-9H2. The predicted octanol–water partition coefficient (Wildman–Crippen LogP) is 3.93. The van der Waals surface area contributed by atoms with E-state index in [1.54, 1.807) is 0 Å². The fourth-order valence-electron chi connectivity index (χ4n) is 2.10. The molecule has 1 fully saturated rings. The fraction of sp³-hybridized carbons (Fsp3) is 0.188. The molecule has 1 atom stereocenters. The molecular weight excluding hydrogens is 290 g/mol. The van der Waals surface area contributed by atoms with Gasteiger partial charge in [-0.2, -0.15) is 0 Å². The van der Waals surface area contributed by atoms with E-state index >= 15 is 0 Å². The molecule has 1 unspecified atom stereocenters. The Morgan fingerprint density at radius 1 is 1.24 bits per heavy atom. The number of halogens is 1. The van der Waals surface area contributed by atoms with Crippen molar-refractivity contribution in [2.45, 2.75) is 6.10 Å². The number of benzene rings is 2. The van der Waals surface area contributed by atoms with Gasteiger partial charge in [-0.3, -0.25) is 0 Å². The van der Waals surface area contributed by atoms with Gasteiger partial charge in [0.15, 0.2) is 5.58 Å². The lowest BCUT2D eigenvalue weighted by Crippen LogP contribution is -2.03. The lowest BCUT2D eigenvalue weighted by Gasteiger charge is -2.02. The van der Waals surface area contributed by atoms with Gasteiger partial charge in [-0.1, -0.05) is 23.7 Å². The first-order chi connectivity index (χ1) is 10.3. The highest BCUT2D eigenvalue weighted by Crippen LogP contribution is 2.31. The van der Waals surface area contributed by atoms with Crippen LogP contribution in [0.25, 0.3) is 22.6 Å². The van der Waals surface area contributed by atoms with E-state index in [1.807, 2.05) is 42.5 Å².